The number of non-ortho nitro benzene ring substituents is 1. The Morgan fingerprint density at radius 1 is 1.19 bits per heavy atom. The highest BCUT2D eigenvalue weighted by Gasteiger charge is 2.13. The molecule has 0 aromatic heterocycles. The van der Waals surface area contributed by atoms with Crippen molar-refractivity contribution in [3.8, 4) is 5.75 Å². The third-order valence-corrected chi connectivity index (χ3v) is 3.46. The van der Waals surface area contributed by atoms with Gasteiger partial charge in [0.25, 0.3) is 5.69 Å². The SMILES string of the molecule is O=C(COc1cccc(Cl)c1Cl)c1cccc([N+](=O)[O-])c1. The quantitative estimate of drug-likeness (QED) is 0.470. The van der Waals surface area contributed by atoms with E-state index in [0.29, 0.717) is 5.02 Å². The zero-order chi connectivity index (χ0) is 15.4. The molecule has 0 fully saturated rings. The first-order valence-corrected chi connectivity index (χ1v) is 6.59. The lowest BCUT2D eigenvalue weighted by Gasteiger charge is -2.08. The number of nitrogens with zero attached hydrogens (tertiary/aromatic N) is 1. The summed E-state index contributed by atoms with van der Waals surface area (Å²) in [7, 11) is 0. The molecule has 0 aliphatic heterocycles. The molecule has 0 unspecified atom stereocenters. The molecular weight excluding hydrogens is 317 g/mol. The number of rotatable bonds is 5. The van der Waals surface area contributed by atoms with Gasteiger partial charge in [0.15, 0.2) is 12.4 Å². The van der Waals surface area contributed by atoms with Gasteiger partial charge in [-0.25, -0.2) is 0 Å². The molecule has 0 saturated heterocycles. The fourth-order valence-corrected chi connectivity index (χ4v) is 1.96. The van der Waals surface area contributed by atoms with Gasteiger partial charge in [0, 0.05) is 17.7 Å². The number of nitro groups is 1. The highest BCUT2D eigenvalue weighted by atomic mass is 35.5. The molecule has 0 amide bonds. The second-order valence-corrected chi connectivity index (χ2v) is 4.86. The van der Waals surface area contributed by atoms with Crippen LogP contribution in [0.15, 0.2) is 42.5 Å². The lowest BCUT2D eigenvalue weighted by molar-refractivity contribution is -0.384. The maximum absolute atomic E-state index is 12.0. The van der Waals surface area contributed by atoms with E-state index in [1.165, 1.54) is 24.3 Å². The summed E-state index contributed by atoms with van der Waals surface area (Å²) in [6.45, 7) is -0.290. The standard InChI is InChI=1S/C14H9Cl2NO4/c15-11-5-2-6-13(14(11)16)21-8-12(18)9-3-1-4-10(7-9)17(19)20/h1-7H,8H2. The second-order valence-electron chi connectivity index (χ2n) is 4.07. The number of Topliss-reactive ketones (excluding diaryl/α,β-unsaturated/α-hetero) is 1. The minimum Gasteiger partial charge on any atom is -0.484 e. The van der Waals surface area contributed by atoms with Gasteiger partial charge in [0.1, 0.15) is 10.8 Å². The molecule has 5 nitrogen and oxygen atoms in total. The van der Waals surface area contributed by atoms with Crippen molar-refractivity contribution in [1.82, 2.24) is 0 Å². The van der Waals surface area contributed by atoms with Crippen molar-refractivity contribution in [2.75, 3.05) is 6.61 Å². The van der Waals surface area contributed by atoms with Gasteiger partial charge in [-0.1, -0.05) is 41.4 Å². The van der Waals surface area contributed by atoms with E-state index in [2.05, 4.69) is 0 Å². The maximum atomic E-state index is 12.0. The van der Waals surface area contributed by atoms with E-state index in [0.717, 1.165) is 0 Å². The van der Waals surface area contributed by atoms with Crippen LogP contribution in [0.4, 0.5) is 5.69 Å². The first kappa shape index (κ1) is 15.3. The zero-order valence-corrected chi connectivity index (χ0v) is 12.1. The number of carbonyl (C=O) groups is 1. The monoisotopic (exact) mass is 325 g/mol. The highest BCUT2D eigenvalue weighted by molar-refractivity contribution is 6.42. The summed E-state index contributed by atoms with van der Waals surface area (Å²) in [5.41, 5.74) is 0.0454. The van der Waals surface area contributed by atoms with Gasteiger partial charge in [-0.05, 0) is 12.1 Å². The third kappa shape index (κ3) is 3.71. The van der Waals surface area contributed by atoms with Crippen LogP contribution in [0.25, 0.3) is 0 Å². The summed E-state index contributed by atoms with van der Waals surface area (Å²) in [6, 6.07) is 10.3. The van der Waals surface area contributed by atoms with Gasteiger partial charge in [-0.2, -0.15) is 0 Å². The van der Waals surface area contributed by atoms with Crippen molar-refractivity contribution in [3.05, 3.63) is 68.2 Å². The van der Waals surface area contributed by atoms with Gasteiger partial charge in [-0.15, -0.1) is 0 Å². The Hall–Kier alpha value is -2.11. The number of ketones is 1. The van der Waals surface area contributed by atoms with Crippen LogP contribution in [-0.2, 0) is 0 Å². The van der Waals surface area contributed by atoms with E-state index in [1.807, 2.05) is 0 Å². The fraction of sp³-hybridized carbons (Fsp3) is 0.0714. The molecule has 0 saturated carbocycles. The van der Waals surface area contributed by atoms with Crippen LogP contribution in [-0.4, -0.2) is 17.3 Å². The minimum atomic E-state index is -0.564. The Kier molecular flexibility index (Phi) is 4.77. The third-order valence-electron chi connectivity index (χ3n) is 2.65. The summed E-state index contributed by atoms with van der Waals surface area (Å²) in [6.07, 6.45) is 0. The fourth-order valence-electron chi connectivity index (χ4n) is 1.62. The number of ether oxygens (including phenoxy) is 1. The van der Waals surface area contributed by atoms with Crippen molar-refractivity contribution in [2.45, 2.75) is 0 Å². The molecule has 108 valence electrons. The van der Waals surface area contributed by atoms with E-state index in [-0.39, 0.29) is 28.6 Å². The summed E-state index contributed by atoms with van der Waals surface area (Å²) in [5.74, 6) is -0.113. The second kappa shape index (κ2) is 6.56. The molecule has 0 aliphatic rings. The van der Waals surface area contributed by atoms with Crippen molar-refractivity contribution in [3.63, 3.8) is 0 Å². The first-order valence-electron chi connectivity index (χ1n) is 5.83. The number of hydrogen-bond donors (Lipinski definition) is 0. The largest absolute Gasteiger partial charge is 0.484 e. The van der Waals surface area contributed by atoms with Crippen LogP contribution in [0.5, 0.6) is 5.75 Å². The number of hydrogen-bond acceptors (Lipinski definition) is 4. The summed E-state index contributed by atoms with van der Waals surface area (Å²) in [4.78, 5) is 22.1. The molecule has 0 aliphatic carbocycles. The molecule has 0 heterocycles. The summed E-state index contributed by atoms with van der Waals surface area (Å²) in [5, 5.41) is 11.2. The molecule has 0 spiro atoms. The molecule has 0 bridgehead atoms. The van der Waals surface area contributed by atoms with E-state index < -0.39 is 10.7 Å². The van der Waals surface area contributed by atoms with E-state index in [1.54, 1.807) is 18.2 Å². The van der Waals surface area contributed by atoms with Crippen LogP contribution in [0.3, 0.4) is 0 Å². The maximum Gasteiger partial charge on any atom is 0.270 e. The predicted octanol–water partition coefficient (Wildman–Crippen LogP) is 4.16. The van der Waals surface area contributed by atoms with Crippen molar-refractivity contribution < 1.29 is 14.5 Å². The molecule has 7 heteroatoms. The number of nitro benzene ring substituents is 1. The number of carbonyl (C=O) groups excluding carboxylic acids is 1. The Morgan fingerprint density at radius 2 is 1.90 bits per heavy atom. The normalized spacial score (nSPS) is 10.2. The lowest BCUT2D eigenvalue weighted by atomic mass is 10.1. The Bertz CT molecular complexity index is 703. The van der Waals surface area contributed by atoms with Crippen molar-refractivity contribution >= 4 is 34.7 Å². The van der Waals surface area contributed by atoms with Gasteiger partial charge in [0.05, 0.1) is 9.95 Å². The van der Waals surface area contributed by atoms with Crippen LogP contribution in [0.2, 0.25) is 10.0 Å². The minimum absolute atomic E-state index is 0.151. The number of halogens is 2. The Labute approximate surface area is 130 Å². The average molecular weight is 326 g/mol. The van der Waals surface area contributed by atoms with Crippen molar-refractivity contribution in [1.29, 1.82) is 0 Å². The molecule has 21 heavy (non-hydrogen) atoms. The molecule has 0 N–H and O–H groups in total. The zero-order valence-electron chi connectivity index (χ0n) is 10.6. The van der Waals surface area contributed by atoms with Crippen LogP contribution in [0, 0.1) is 10.1 Å². The predicted molar refractivity (Wildman–Crippen MR) is 79.4 cm³/mol. The smallest absolute Gasteiger partial charge is 0.270 e. The topological polar surface area (TPSA) is 69.4 Å². The van der Waals surface area contributed by atoms with Gasteiger partial charge >= 0.3 is 0 Å². The van der Waals surface area contributed by atoms with E-state index >= 15 is 0 Å². The molecular formula is C14H9Cl2NO4. The Morgan fingerprint density at radius 3 is 2.62 bits per heavy atom. The first-order chi connectivity index (χ1) is 9.99. The lowest BCUT2D eigenvalue weighted by Crippen LogP contribution is -2.12. The van der Waals surface area contributed by atoms with Crippen LogP contribution >= 0.6 is 23.2 Å². The van der Waals surface area contributed by atoms with E-state index in [9.17, 15) is 14.9 Å². The molecule has 2 aromatic carbocycles. The van der Waals surface area contributed by atoms with Crippen LogP contribution < -0.4 is 4.74 Å². The van der Waals surface area contributed by atoms with E-state index in [4.69, 9.17) is 27.9 Å². The molecule has 0 radical (unpaired) electrons. The van der Waals surface area contributed by atoms with Gasteiger partial charge < -0.3 is 4.74 Å². The van der Waals surface area contributed by atoms with Crippen molar-refractivity contribution in [2.24, 2.45) is 0 Å². The summed E-state index contributed by atoms with van der Waals surface area (Å²) >= 11 is 11.8. The Balaban J connectivity index is 2.10. The average Bonchev–Trinajstić information content (AvgIpc) is 2.48. The molecule has 2 aromatic rings. The highest BCUT2D eigenvalue weighted by Crippen LogP contribution is 2.31. The number of benzene rings is 2. The summed E-state index contributed by atoms with van der Waals surface area (Å²) < 4.78 is 5.30. The van der Waals surface area contributed by atoms with Gasteiger partial charge in [0.2, 0.25) is 0 Å². The molecule has 2 rings (SSSR count). The molecule has 0 atom stereocenters. The van der Waals surface area contributed by atoms with Crippen LogP contribution in [0.1, 0.15) is 10.4 Å². The van der Waals surface area contributed by atoms with Gasteiger partial charge in [-0.3, -0.25) is 14.9 Å².